The Morgan fingerprint density at radius 1 is 1.07 bits per heavy atom. The van der Waals surface area contributed by atoms with Crippen molar-refractivity contribution in [2.24, 2.45) is 5.92 Å². The summed E-state index contributed by atoms with van der Waals surface area (Å²) in [7, 11) is 0. The lowest BCUT2D eigenvalue weighted by molar-refractivity contribution is -0.384. The van der Waals surface area contributed by atoms with Gasteiger partial charge in [0.05, 0.1) is 4.92 Å². The van der Waals surface area contributed by atoms with Crippen molar-refractivity contribution in [3.8, 4) is 0 Å². The molecule has 0 saturated carbocycles. The predicted octanol–water partition coefficient (Wildman–Crippen LogP) is 2.89. The fourth-order valence-electron chi connectivity index (χ4n) is 2.82. The minimum atomic E-state index is -0.686. The molecule has 0 aliphatic heterocycles. The summed E-state index contributed by atoms with van der Waals surface area (Å²) in [6.45, 7) is 6.17. The van der Waals surface area contributed by atoms with E-state index < -0.39 is 11.0 Å². The van der Waals surface area contributed by atoms with E-state index in [2.05, 4.69) is 16.0 Å². The fourth-order valence-corrected chi connectivity index (χ4v) is 2.82. The molecule has 0 aliphatic rings. The van der Waals surface area contributed by atoms with Gasteiger partial charge >= 0.3 is 0 Å². The molecule has 3 N–H and O–H groups in total. The normalized spacial score (nSPS) is 11.6. The Hall–Kier alpha value is -3.42. The summed E-state index contributed by atoms with van der Waals surface area (Å²) in [6, 6.07) is 12.8. The minimum Gasteiger partial charge on any atom is -0.378 e. The molecule has 1 unspecified atom stereocenters. The molecule has 2 aromatic rings. The number of nitro groups is 1. The number of hydrogen-bond donors (Lipinski definition) is 3. The van der Waals surface area contributed by atoms with Crippen LogP contribution in [-0.4, -0.2) is 35.9 Å². The van der Waals surface area contributed by atoms with Crippen LogP contribution < -0.4 is 16.0 Å². The molecule has 8 heteroatoms. The first-order valence-corrected chi connectivity index (χ1v) is 9.42. The summed E-state index contributed by atoms with van der Waals surface area (Å²) in [5.74, 6) is -0.710. The summed E-state index contributed by atoms with van der Waals surface area (Å²) in [6.07, 6.45) is 0. The van der Waals surface area contributed by atoms with Gasteiger partial charge in [-0.1, -0.05) is 43.7 Å². The van der Waals surface area contributed by atoms with Crippen molar-refractivity contribution >= 4 is 23.2 Å². The van der Waals surface area contributed by atoms with Gasteiger partial charge in [-0.15, -0.1) is 0 Å². The van der Waals surface area contributed by atoms with Crippen molar-refractivity contribution < 1.29 is 14.5 Å². The smallest absolute Gasteiger partial charge is 0.292 e. The average molecular weight is 398 g/mol. The molecular weight excluding hydrogens is 372 g/mol. The summed E-state index contributed by atoms with van der Waals surface area (Å²) >= 11 is 0. The minimum absolute atomic E-state index is 0.0238. The Bertz CT molecular complexity index is 882. The van der Waals surface area contributed by atoms with Gasteiger partial charge in [0.1, 0.15) is 11.7 Å². The first-order chi connectivity index (χ1) is 13.8. The van der Waals surface area contributed by atoms with Gasteiger partial charge in [-0.2, -0.15) is 0 Å². The molecule has 0 aromatic heterocycles. The van der Waals surface area contributed by atoms with E-state index in [-0.39, 0.29) is 30.0 Å². The topological polar surface area (TPSA) is 113 Å². The van der Waals surface area contributed by atoms with Crippen LogP contribution in [0.1, 0.15) is 29.8 Å². The molecule has 0 radical (unpaired) electrons. The molecule has 0 heterocycles. The van der Waals surface area contributed by atoms with Crippen molar-refractivity contribution in [3.63, 3.8) is 0 Å². The lowest BCUT2D eigenvalue weighted by Gasteiger charge is -2.22. The van der Waals surface area contributed by atoms with Gasteiger partial charge < -0.3 is 16.0 Å². The van der Waals surface area contributed by atoms with E-state index in [1.54, 1.807) is 36.4 Å². The number of carbonyl (C=O) groups is 2. The maximum atomic E-state index is 12.5. The van der Waals surface area contributed by atoms with E-state index in [1.807, 2.05) is 26.8 Å². The summed E-state index contributed by atoms with van der Waals surface area (Å²) in [5, 5.41) is 19.5. The third-order valence-electron chi connectivity index (χ3n) is 4.36. The molecule has 0 aliphatic carbocycles. The van der Waals surface area contributed by atoms with Gasteiger partial charge in [-0.05, 0) is 31.0 Å². The van der Waals surface area contributed by atoms with E-state index in [1.165, 1.54) is 6.07 Å². The van der Waals surface area contributed by atoms with Crippen LogP contribution in [-0.2, 0) is 4.79 Å². The number of amides is 2. The van der Waals surface area contributed by atoms with Crippen LogP contribution in [0, 0.1) is 23.0 Å². The Labute approximate surface area is 169 Å². The molecular formula is C21H26N4O4. The third kappa shape index (κ3) is 6.31. The average Bonchev–Trinajstić information content (AvgIpc) is 2.69. The lowest BCUT2D eigenvalue weighted by Crippen LogP contribution is -2.50. The van der Waals surface area contributed by atoms with Crippen molar-refractivity contribution in [2.75, 3.05) is 18.4 Å². The van der Waals surface area contributed by atoms with Crippen LogP contribution >= 0.6 is 0 Å². The SMILES string of the molecule is Cc1cccc(C(=O)NC(C(=O)NCCNc2ccccc2[N+](=O)[O-])C(C)C)c1. The number of carbonyl (C=O) groups excluding carboxylic acids is 2. The number of anilines is 1. The predicted molar refractivity (Wildman–Crippen MR) is 112 cm³/mol. The quantitative estimate of drug-likeness (QED) is 0.341. The Morgan fingerprint density at radius 2 is 1.79 bits per heavy atom. The maximum absolute atomic E-state index is 12.5. The third-order valence-corrected chi connectivity index (χ3v) is 4.36. The number of nitrogens with one attached hydrogen (secondary N) is 3. The summed E-state index contributed by atoms with van der Waals surface area (Å²) in [4.78, 5) is 35.6. The zero-order valence-electron chi connectivity index (χ0n) is 16.8. The van der Waals surface area contributed by atoms with Crippen LogP contribution in [0.5, 0.6) is 0 Å². The van der Waals surface area contributed by atoms with Crippen molar-refractivity contribution in [1.82, 2.24) is 10.6 Å². The second kappa shape index (κ2) is 10.2. The van der Waals surface area contributed by atoms with Crippen molar-refractivity contribution in [1.29, 1.82) is 0 Å². The van der Waals surface area contributed by atoms with Crippen molar-refractivity contribution in [2.45, 2.75) is 26.8 Å². The van der Waals surface area contributed by atoms with Crippen LogP contribution in [0.4, 0.5) is 11.4 Å². The molecule has 2 rings (SSSR count). The number of benzene rings is 2. The van der Waals surface area contributed by atoms with Gasteiger partial charge in [0.25, 0.3) is 11.6 Å². The Balaban J connectivity index is 1.90. The van der Waals surface area contributed by atoms with Crippen molar-refractivity contribution in [3.05, 3.63) is 69.8 Å². The molecule has 1 atom stereocenters. The van der Waals surface area contributed by atoms with Crippen LogP contribution in [0.15, 0.2) is 48.5 Å². The number of rotatable bonds is 9. The highest BCUT2D eigenvalue weighted by molar-refractivity contribution is 5.97. The highest BCUT2D eigenvalue weighted by Crippen LogP contribution is 2.22. The van der Waals surface area contributed by atoms with Crippen LogP contribution in [0.2, 0.25) is 0 Å². The van der Waals surface area contributed by atoms with Gasteiger partial charge in [-0.25, -0.2) is 0 Å². The first-order valence-electron chi connectivity index (χ1n) is 9.42. The highest BCUT2D eigenvalue weighted by atomic mass is 16.6. The standard InChI is InChI=1S/C21H26N4O4/c1-14(2)19(24-20(26)16-8-6-7-15(3)13-16)21(27)23-12-11-22-17-9-4-5-10-18(17)25(28)29/h4-10,13-14,19,22H,11-12H2,1-3H3,(H,23,27)(H,24,26). The number of nitro benzene ring substituents is 1. The lowest BCUT2D eigenvalue weighted by atomic mass is 10.0. The van der Waals surface area contributed by atoms with E-state index >= 15 is 0 Å². The molecule has 2 amide bonds. The highest BCUT2D eigenvalue weighted by Gasteiger charge is 2.24. The molecule has 8 nitrogen and oxygen atoms in total. The number of hydrogen-bond acceptors (Lipinski definition) is 5. The Morgan fingerprint density at radius 3 is 2.45 bits per heavy atom. The molecule has 0 fully saturated rings. The second-order valence-electron chi connectivity index (χ2n) is 7.06. The van der Waals surface area contributed by atoms with E-state index in [9.17, 15) is 19.7 Å². The van der Waals surface area contributed by atoms with Gasteiger partial charge in [-0.3, -0.25) is 19.7 Å². The van der Waals surface area contributed by atoms with E-state index in [0.717, 1.165) is 5.56 Å². The molecule has 2 aromatic carbocycles. The first kappa shape index (κ1) is 21.9. The zero-order chi connectivity index (χ0) is 21.4. The maximum Gasteiger partial charge on any atom is 0.292 e. The Kier molecular flexibility index (Phi) is 7.70. The van der Waals surface area contributed by atoms with Crippen LogP contribution in [0.3, 0.4) is 0 Å². The fraction of sp³-hybridized carbons (Fsp3) is 0.333. The number of aryl methyl sites for hydroxylation is 1. The van der Waals surface area contributed by atoms with Crippen LogP contribution in [0.25, 0.3) is 0 Å². The zero-order valence-corrected chi connectivity index (χ0v) is 16.8. The summed E-state index contributed by atoms with van der Waals surface area (Å²) in [5.41, 5.74) is 1.83. The molecule has 29 heavy (non-hydrogen) atoms. The molecule has 0 saturated heterocycles. The van der Waals surface area contributed by atoms with Gasteiger partial charge in [0.2, 0.25) is 5.91 Å². The molecule has 0 spiro atoms. The largest absolute Gasteiger partial charge is 0.378 e. The second-order valence-corrected chi connectivity index (χ2v) is 7.06. The molecule has 154 valence electrons. The summed E-state index contributed by atoms with van der Waals surface area (Å²) < 4.78 is 0. The van der Waals surface area contributed by atoms with Gasteiger partial charge in [0, 0.05) is 24.7 Å². The monoisotopic (exact) mass is 398 g/mol. The van der Waals surface area contributed by atoms with Gasteiger partial charge in [0.15, 0.2) is 0 Å². The van der Waals surface area contributed by atoms with E-state index in [4.69, 9.17) is 0 Å². The number of para-hydroxylation sites is 2. The molecule has 0 bridgehead atoms. The number of nitrogens with zero attached hydrogens (tertiary/aromatic N) is 1. The van der Waals surface area contributed by atoms with E-state index in [0.29, 0.717) is 17.8 Å².